The zero-order chi connectivity index (χ0) is 24.1. The first-order chi connectivity index (χ1) is 15.7. The Bertz CT molecular complexity index is 1160. The van der Waals surface area contributed by atoms with E-state index < -0.39 is 20.0 Å². The second-order valence-corrected chi connectivity index (χ2v) is 8.96. The molecule has 1 unspecified atom stereocenters. The first-order valence-electron chi connectivity index (χ1n) is 10.4. The molecule has 9 nitrogen and oxygen atoms in total. The van der Waals surface area contributed by atoms with Crippen molar-refractivity contribution in [2.24, 2.45) is 0 Å². The highest BCUT2D eigenvalue weighted by atomic mass is 32.2. The van der Waals surface area contributed by atoms with Crippen LogP contribution in [-0.2, 0) is 21.4 Å². The van der Waals surface area contributed by atoms with Crippen molar-refractivity contribution in [1.29, 1.82) is 0 Å². The Labute approximate surface area is 192 Å². The number of ether oxygens (including phenoxy) is 2. The molecule has 3 rings (SSSR count). The molecule has 176 valence electrons. The van der Waals surface area contributed by atoms with Gasteiger partial charge in [0, 0.05) is 37.9 Å². The average molecular weight is 475 g/mol. The van der Waals surface area contributed by atoms with Crippen molar-refractivity contribution >= 4 is 15.8 Å². The maximum Gasteiger partial charge on any atom is 0.311 e. The molecule has 0 radical (unpaired) electrons. The van der Waals surface area contributed by atoms with Gasteiger partial charge < -0.3 is 14.4 Å². The zero-order valence-electron chi connectivity index (χ0n) is 18.4. The van der Waals surface area contributed by atoms with Gasteiger partial charge in [0.1, 0.15) is 0 Å². The standard InChI is InChI=1S/C23H26N2O7S/c1-3-24(17-18-10-6-5-7-11-18)19-14-15-22(23(16-19,31-4-2)33(28,29)30)32-21-13-9-8-12-20(21)25(26)27/h5-15H,3-4,16-17H2,1-2H3,(H,28,29,30). The van der Waals surface area contributed by atoms with Crippen molar-refractivity contribution in [2.45, 2.75) is 31.7 Å². The number of nitrogens with zero attached hydrogens (tertiary/aromatic N) is 2. The van der Waals surface area contributed by atoms with Crippen LogP contribution in [0.2, 0.25) is 0 Å². The zero-order valence-corrected chi connectivity index (χ0v) is 19.2. The predicted molar refractivity (Wildman–Crippen MR) is 123 cm³/mol. The first kappa shape index (κ1) is 24.4. The number of hydrogen-bond acceptors (Lipinski definition) is 7. The molecule has 0 aromatic heterocycles. The molecule has 33 heavy (non-hydrogen) atoms. The number of nitro benzene ring substituents is 1. The molecule has 0 aliphatic heterocycles. The van der Waals surface area contributed by atoms with Gasteiger partial charge in [0.2, 0.25) is 5.75 Å². The summed E-state index contributed by atoms with van der Waals surface area (Å²) in [4.78, 5) is 10.5. The number of hydrogen-bond donors (Lipinski definition) is 1. The highest BCUT2D eigenvalue weighted by molar-refractivity contribution is 7.87. The Hall–Kier alpha value is -3.21. The van der Waals surface area contributed by atoms with Gasteiger partial charge in [-0.2, -0.15) is 8.42 Å². The Balaban J connectivity index is 2.06. The summed E-state index contributed by atoms with van der Waals surface area (Å²) in [6.07, 6.45) is 2.83. The van der Waals surface area contributed by atoms with Crippen LogP contribution in [-0.4, -0.2) is 40.9 Å². The highest BCUT2D eigenvalue weighted by Crippen LogP contribution is 2.41. The molecule has 1 aliphatic rings. The van der Waals surface area contributed by atoms with Gasteiger partial charge in [0.15, 0.2) is 5.76 Å². The van der Waals surface area contributed by atoms with E-state index in [1.807, 2.05) is 42.2 Å². The van der Waals surface area contributed by atoms with Gasteiger partial charge in [-0.1, -0.05) is 42.5 Å². The van der Waals surface area contributed by atoms with Crippen molar-refractivity contribution in [1.82, 2.24) is 4.90 Å². The summed E-state index contributed by atoms with van der Waals surface area (Å²) in [5.41, 5.74) is 1.30. The summed E-state index contributed by atoms with van der Waals surface area (Å²) in [7, 11) is -4.85. The molecular weight excluding hydrogens is 448 g/mol. The van der Waals surface area contributed by atoms with Gasteiger partial charge >= 0.3 is 15.8 Å². The molecule has 0 saturated carbocycles. The Morgan fingerprint density at radius 2 is 1.76 bits per heavy atom. The Kier molecular flexibility index (Phi) is 7.52. The van der Waals surface area contributed by atoms with E-state index in [0.29, 0.717) is 18.8 Å². The summed E-state index contributed by atoms with van der Waals surface area (Å²) in [5.74, 6) is -0.407. The molecule has 1 atom stereocenters. The lowest BCUT2D eigenvalue weighted by Crippen LogP contribution is -2.48. The monoisotopic (exact) mass is 474 g/mol. The van der Waals surface area contributed by atoms with Crippen LogP contribution in [0, 0.1) is 10.1 Å². The third-order valence-corrected chi connectivity index (χ3v) is 6.59. The van der Waals surface area contributed by atoms with E-state index in [0.717, 1.165) is 5.56 Å². The number of benzene rings is 2. The summed E-state index contributed by atoms with van der Waals surface area (Å²) < 4.78 is 46.9. The first-order valence-corrected chi connectivity index (χ1v) is 11.9. The maximum absolute atomic E-state index is 12.7. The molecule has 0 heterocycles. The molecular formula is C23H26N2O7S. The predicted octanol–water partition coefficient (Wildman–Crippen LogP) is 4.29. The van der Waals surface area contributed by atoms with Gasteiger partial charge in [-0.15, -0.1) is 0 Å². The van der Waals surface area contributed by atoms with Crippen molar-refractivity contribution in [3.63, 3.8) is 0 Å². The van der Waals surface area contributed by atoms with Gasteiger partial charge in [-0.3, -0.25) is 14.7 Å². The van der Waals surface area contributed by atoms with Gasteiger partial charge in [0.05, 0.1) is 4.92 Å². The lowest BCUT2D eigenvalue weighted by molar-refractivity contribution is -0.385. The van der Waals surface area contributed by atoms with E-state index in [-0.39, 0.29) is 30.2 Å². The van der Waals surface area contributed by atoms with Crippen LogP contribution in [0.5, 0.6) is 5.75 Å². The summed E-state index contributed by atoms with van der Waals surface area (Å²) in [5, 5.41) is 11.4. The molecule has 1 N–H and O–H groups in total. The molecule has 0 saturated heterocycles. The minimum Gasteiger partial charge on any atom is -0.450 e. The summed E-state index contributed by atoms with van der Waals surface area (Å²) in [6, 6.07) is 15.3. The van der Waals surface area contributed by atoms with Crippen LogP contribution in [0.4, 0.5) is 5.69 Å². The van der Waals surface area contributed by atoms with E-state index in [1.54, 1.807) is 13.0 Å². The molecule has 0 bridgehead atoms. The average Bonchev–Trinajstić information content (AvgIpc) is 2.79. The third kappa shape index (κ3) is 5.24. The molecule has 0 amide bonds. The second-order valence-electron chi connectivity index (χ2n) is 7.35. The van der Waals surface area contributed by atoms with Crippen LogP contribution < -0.4 is 4.74 Å². The fourth-order valence-electron chi connectivity index (χ4n) is 3.69. The van der Waals surface area contributed by atoms with Gasteiger partial charge in [0.25, 0.3) is 4.93 Å². The van der Waals surface area contributed by atoms with Crippen molar-refractivity contribution in [3.8, 4) is 5.75 Å². The minimum absolute atomic E-state index is 0.0462. The maximum atomic E-state index is 12.7. The fourth-order valence-corrected chi connectivity index (χ4v) is 4.65. The lowest BCUT2D eigenvalue weighted by Gasteiger charge is -2.38. The summed E-state index contributed by atoms with van der Waals surface area (Å²) >= 11 is 0. The summed E-state index contributed by atoms with van der Waals surface area (Å²) in [6.45, 7) is 4.57. The van der Waals surface area contributed by atoms with Crippen molar-refractivity contribution < 1.29 is 27.4 Å². The second kappa shape index (κ2) is 10.2. The number of nitro groups is 1. The molecule has 0 fully saturated rings. The molecule has 2 aromatic carbocycles. The minimum atomic E-state index is -4.85. The Morgan fingerprint density at radius 3 is 2.36 bits per heavy atom. The highest BCUT2D eigenvalue weighted by Gasteiger charge is 2.52. The van der Waals surface area contributed by atoms with Crippen molar-refractivity contribution in [3.05, 3.63) is 93.9 Å². The Morgan fingerprint density at radius 1 is 1.09 bits per heavy atom. The van der Waals surface area contributed by atoms with Crippen LogP contribution >= 0.6 is 0 Å². The topological polar surface area (TPSA) is 119 Å². The van der Waals surface area contributed by atoms with Crippen LogP contribution in [0.25, 0.3) is 0 Å². The van der Waals surface area contributed by atoms with Crippen LogP contribution in [0.3, 0.4) is 0 Å². The number of para-hydroxylation sites is 2. The third-order valence-electron chi connectivity index (χ3n) is 5.30. The molecule has 1 aliphatic carbocycles. The molecule has 0 spiro atoms. The van der Waals surface area contributed by atoms with Crippen LogP contribution in [0.1, 0.15) is 25.8 Å². The van der Waals surface area contributed by atoms with Crippen molar-refractivity contribution in [2.75, 3.05) is 13.2 Å². The van der Waals surface area contributed by atoms with E-state index in [2.05, 4.69) is 0 Å². The van der Waals surface area contributed by atoms with Crippen LogP contribution in [0.15, 0.2) is 78.2 Å². The quantitative estimate of drug-likeness (QED) is 0.308. The van der Waals surface area contributed by atoms with E-state index in [4.69, 9.17) is 9.47 Å². The SMILES string of the molecule is CCOC1(S(=O)(=O)O)CC(N(CC)Cc2ccccc2)=CC=C1Oc1ccccc1[N+](=O)[O-]. The van der Waals surface area contributed by atoms with E-state index in [1.165, 1.54) is 30.3 Å². The van der Waals surface area contributed by atoms with Gasteiger partial charge in [-0.05, 0) is 37.6 Å². The normalized spacial score (nSPS) is 18.3. The molecule has 2 aromatic rings. The lowest BCUT2D eigenvalue weighted by atomic mass is 10.0. The van der Waals surface area contributed by atoms with E-state index in [9.17, 15) is 23.1 Å². The van der Waals surface area contributed by atoms with Gasteiger partial charge in [-0.25, -0.2) is 0 Å². The smallest absolute Gasteiger partial charge is 0.311 e. The van der Waals surface area contributed by atoms with E-state index >= 15 is 0 Å². The molecule has 10 heteroatoms. The fraction of sp³-hybridized carbons (Fsp3) is 0.304. The number of rotatable bonds is 10. The number of allylic oxidation sites excluding steroid dienone is 2. The largest absolute Gasteiger partial charge is 0.450 e.